The summed E-state index contributed by atoms with van der Waals surface area (Å²) < 4.78 is 11.6. The number of amides is 1. The van der Waals surface area contributed by atoms with Crippen LogP contribution >= 0.6 is 0 Å². The summed E-state index contributed by atoms with van der Waals surface area (Å²) in [4.78, 5) is 15.9. The molecule has 1 aromatic heterocycles. The number of nitrogens with one attached hydrogen (secondary N) is 1. The lowest BCUT2D eigenvalue weighted by atomic mass is 10.2. The van der Waals surface area contributed by atoms with Crippen LogP contribution in [0.2, 0.25) is 0 Å². The Kier molecular flexibility index (Phi) is 7.97. The second-order valence-corrected chi connectivity index (χ2v) is 6.52. The van der Waals surface area contributed by atoms with E-state index in [9.17, 15) is 4.79 Å². The molecule has 6 heteroatoms. The van der Waals surface area contributed by atoms with Crippen LogP contribution in [0.15, 0.2) is 78.2 Å². The van der Waals surface area contributed by atoms with Gasteiger partial charge in [-0.15, -0.1) is 0 Å². The molecule has 0 saturated heterocycles. The Morgan fingerprint density at radius 1 is 1.00 bits per heavy atom. The van der Waals surface area contributed by atoms with Gasteiger partial charge < -0.3 is 9.47 Å². The van der Waals surface area contributed by atoms with Gasteiger partial charge in [0.05, 0.1) is 19.4 Å². The molecule has 30 heavy (non-hydrogen) atoms. The molecule has 0 bridgehead atoms. The summed E-state index contributed by atoms with van der Waals surface area (Å²) in [5, 5.41) is 4.03. The number of para-hydroxylation sites is 1. The maximum Gasteiger partial charge on any atom is 0.271 e. The third kappa shape index (κ3) is 6.44. The number of hydrogen-bond donors (Lipinski definition) is 1. The van der Waals surface area contributed by atoms with Crippen LogP contribution in [0.4, 0.5) is 0 Å². The molecule has 0 atom stereocenters. The second-order valence-electron chi connectivity index (χ2n) is 6.52. The van der Waals surface area contributed by atoms with Crippen LogP contribution < -0.4 is 14.9 Å². The van der Waals surface area contributed by atoms with Gasteiger partial charge in [-0.3, -0.25) is 9.78 Å². The van der Waals surface area contributed by atoms with Crippen molar-refractivity contribution >= 4 is 12.1 Å². The molecule has 1 amide bonds. The smallest absolute Gasteiger partial charge is 0.271 e. The molecule has 3 rings (SSSR count). The monoisotopic (exact) mass is 403 g/mol. The number of hydrazone groups is 1. The van der Waals surface area contributed by atoms with E-state index < -0.39 is 0 Å². The molecule has 0 unspecified atom stereocenters. The lowest BCUT2D eigenvalue weighted by Gasteiger charge is -2.10. The standard InChI is InChI=1S/C24H25N3O3/c1-2-19-8-10-22(11-9-19)29-16-5-17-30-23-7-4-3-6-21(23)18-26-27-24(28)20-12-14-25-15-13-20/h3-4,6-15,18H,2,5,16-17H2,1H3,(H,27,28)/b26-18-. The number of carbonyl (C=O) groups is 1. The zero-order valence-electron chi connectivity index (χ0n) is 17.0. The Hall–Kier alpha value is -3.67. The van der Waals surface area contributed by atoms with E-state index in [2.05, 4.69) is 34.6 Å². The van der Waals surface area contributed by atoms with Gasteiger partial charge in [-0.25, -0.2) is 5.43 Å². The molecule has 0 aliphatic rings. The van der Waals surface area contributed by atoms with E-state index in [-0.39, 0.29) is 5.91 Å². The van der Waals surface area contributed by atoms with E-state index in [1.165, 1.54) is 5.56 Å². The van der Waals surface area contributed by atoms with E-state index in [1.807, 2.05) is 36.4 Å². The number of benzene rings is 2. The van der Waals surface area contributed by atoms with Crippen LogP contribution in [0.1, 0.15) is 34.8 Å². The highest BCUT2D eigenvalue weighted by molar-refractivity contribution is 5.94. The normalized spacial score (nSPS) is 10.7. The Morgan fingerprint density at radius 2 is 1.73 bits per heavy atom. The molecule has 1 heterocycles. The maximum atomic E-state index is 12.0. The third-order valence-electron chi connectivity index (χ3n) is 4.38. The van der Waals surface area contributed by atoms with Crippen LogP contribution in [0.3, 0.4) is 0 Å². The van der Waals surface area contributed by atoms with Crippen molar-refractivity contribution in [1.29, 1.82) is 0 Å². The highest BCUT2D eigenvalue weighted by Gasteiger charge is 2.04. The number of hydrogen-bond acceptors (Lipinski definition) is 5. The fourth-order valence-electron chi connectivity index (χ4n) is 2.70. The fraction of sp³-hybridized carbons (Fsp3) is 0.208. The first-order chi connectivity index (χ1) is 14.8. The summed E-state index contributed by atoms with van der Waals surface area (Å²) in [6.07, 6.45) is 6.46. The summed E-state index contributed by atoms with van der Waals surface area (Å²) in [6, 6.07) is 18.9. The molecule has 3 aromatic rings. The molecular formula is C24H25N3O3. The Morgan fingerprint density at radius 3 is 2.50 bits per heavy atom. The number of nitrogens with zero attached hydrogens (tertiary/aromatic N) is 2. The fourth-order valence-corrected chi connectivity index (χ4v) is 2.70. The largest absolute Gasteiger partial charge is 0.493 e. The molecule has 6 nitrogen and oxygen atoms in total. The Labute approximate surface area is 176 Å². The molecule has 0 aliphatic heterocycles. The first-order valence-corrected chi connectivity index (χ1v) is 9.93. The van der Waals surface area contributed by atoms with Gasteiger partial charge in [-0.2, -0.15) is 5.10 Å². The third-order valence-corrected chi connectivity index (χ3v) is 4.38. The van der Waals surface area contributed by atoms with Crippen molar-refractivity contribution in [1.82, 2.24) is 10.4 Å². The van der Waals surface area contributed by atoms with Gasteiger partial charge in [0.25, 0.3) is 5.91 Å². The molecule has 0 fully saturated rings. The summed E-state index contributed by atoms with van der Waals surface area (Å²) >= 11 is 0. The van der Waals surface area contributed by atoms with E-state index in [0.29, 0.717) is 24.5 Å². The summed E-state index contributed by atoms with van der Waals surface area (Å²) in [6.45, 7) is 3.22. The van der Waals surface area contributed by atoms with Gasteiger partial charge in [0.15, 0.2) is 0 Å². The molecular weight excluding hydrogens is 378 g/mol. The minimum Gasteiger partial charge on any atom is -0.493 e. The van der Waals surface area contributed by atoms with Crippen molar-refractivity contribution in [2.24, 2.45) is 5.10 Å². The Bertz CT molecular complexity index is 957. The Balaban J connectivity index is 1.44. The number of carbonyl (C=O) groups excluding carboxylic acids is 1. The van der Waals surface area contributed by atoms with Crippen molar-refractivity contribution in [3.8, 4) is 11.5 Å². The average molecular weight is 403 g/mol. The van der Waals surface area contributed by atoms with Gasteiger partial charge in [0.2, 0.25) is 0 Å². The van der Waals surface area contributed by atoms with Crippen LogP contribution in [-0.2, 0) is 6.42 Å². The lowest BCUT2D eigenvalue weighted by Crippen LogP contribution is -2.17. The molecule has 0 saturated carbocycles. The van der Waals surface area contributed by atoms with Crippen LogP contribution in [0, 0.1) is 0 Å². The first-order valence-electron chi connectivity index (χ1n) is 9.93. The number of aromatic nitrogens is 1. The maximum absolute atomic E-state index is 12.0. The number of pyridine rings is 1. The number of ether oxygens (including phenoxy) is 2. The van der Waals surface area contributed by atoms with Crippen molar-refractivity contribution in [2.45, 2.75) is 19.8 Å². The minimum atomic E-state index is -0.295. The van der Waals surface area contributed by atoms with E-state index in [0.717, 1.165) is 24.2 Å². The van der Waals surface area contributed by atoms with Crippen molar-refractivity contribution in [2.75, 3.05) is 13.2 Å². The molecule has 0 spiro atoms. The van der Waals surface area contributed by atoms with Crippen molar-refractivity contribution in [3.05, 3.63) is 89.7 Å². The number of rotatable bonds is 10. The van der Waals surface area contributed by atoms with Crippen molar-refractivity contribution < 1.29 is 14.3 Å². The predicted octanol–water partition coefficient (Wildman–Crippen LogP) is 4.26. The zero-order chi connectivity index (χ0) is 21.0. The quantitative estimate of drug-likeness (QED) is 0.312. The molecule has 154 valence electrons. The van der Waals surface area contributed by atoms with Gasteiger partial charge in [-0.1, -0.05) is 31.2 Å². The average Bonchev–Trinajstić information content (AvgIpc) is 2.80. The number of aryl methyl sites for hydroxylation is 1. The van der Waals surface area contributed by atoms with E-state index in [4.69, 9.17) is 9.47 Å². The summed E-state index contributed by atoms with van der Waals surface area (Å²) in [5.41, 5.74) is 5.07. The van der Waals surface area contributed by atoms with Gasteiger partial charge in [-0.05, 0) is 48.4 Å². The summed E-state index contributed by atoms with van der Waals surface area (Å²) in [5.74, 6) is 1.27. The van der Waals surface area contributed by atoms with Crippen LogP contribution in [0.25, 0.3) is 0 Å². The van der Waals surface area contributed by atoms with Crippen molar-refractivity contribution in [3.63, 3.8) is 0 Å². The molecule has 1 N–H and O–H groups in total. The molecule has 0 radical (unpaired) electrons. The zero-order valence-corrected chi connectivity index (χ0v) is 17.0. The van der Waals surface area contributed by atoms with Crippen LogP contribution in [0.5, 0.6) is 11.5 Å². The first kappa shape index (κ1) is 21.0. The molecule has 2 aromatic carbocycles. The summed E-state index contributed by atoms with van der Waals surface area (Å²) in [7, 11) is 0. The topological polar surface area (TPSA) is 72.8 Å². The van der Waals surface area contributed by atoms with E-state index >= 15 is 0 Å². The minimum absolute atomic E-state index is 0.295. The second kappa shape index (κ2) is 11.4. The molecule has 0 aliphatic carbocycles. The highest BCUT2D eigenvalue weighted by Crippen LogP contribution is 2.16. The van der Waals surface area contributed by atoms with Crippen LogP contribution in [-0.4, -0.2) is 30.3 Å². The highest BCUT2D eigenvalue weighted by atomic mass is 16.5. The van der Waals surface area contributed by atoms with Gasteiger partial charge in [0, 0.05) is 29.9 Å². The van der Waals surface area contributed by atoms with Gasteiger partial charge in [0.1, 0.15) is 11.5 Å². The predicted molar refractivity (Wildman–Crippen MR) is 117 cm³/mol. The van der Waals surface area contributed by atoms with Gasteiger partial charge >= 0.3 is 0 Å². The lowest BCUT2D eigenvalue weighted by molar-refractivity contribution is 0.0955. The van der Waals surface area contributed by atoms with E-state index in [1.54, 1.807) is 30.7 Å². The SMILES string of the molecule is CCc1ccc(OCCCOc2ccccc2/C=N\NC(=O)c2ccncc2)cc1.